The standard InChI is InChI=1S/C19H19N3O2/c23-19-17(13-22-11-4-9-20-10-12-22)21-18(24-19)16-8-3-6-14-5-1-2-7-15(14)16/h1-3,5-8,13,20H,4,9-12H2. The molecule has 2 heterocycles. The molecule has 0 amide bonds. The highest BCUT2D eigenvalue weighted by molar-refractivity contribution is 6.16. The number of rotatable bonds is 2. The van der Waals surface area contributed by atoms with Gasteiger partial charge in [0.05, 0.1) is 0 Å². The molecular weight excluding hydrogens is 302 g/mol. The first kappa shape index (κ1) is 14.9. The third-order valence-electron chi connectivity index (χ3n) is 4.32. The summed E-state index contributed by atoms with van der Waals surface area (Å²) in [5.41, 5.74) is 1.22. The number of nitrogens with one attached hydrogen (secondary N) is 1. The van der Waals surface area contributed by atoms with E-state index in [1.807, 2.05) is 48.7 Å². The molecule has 0 saturated carbocycles. The third-order valence-corrected chi connectivity index (χ3v) is 4.32. The van der Waals surface area contributed by atoms with Crippen molar-refractivity contribution >= 4 is 22.6 Å². The van der Waals surface area contributed by atoms with E-state index in [4.69, 9.17) is 4.74 Å². The Kier molecular flexibility index (Phi) is 4.01. The van der Waals surface area contributed by atoms with Gasteiger partial charge in [-0.3, -0.25) is 0 Å². The number of carbonyl (C=O) groups is 1. The summed E-state index contributed by atoms with van der Waals surface area (Å²) in [6, 6.07) is 14.0. The van der Waals surface area contributed by atoms with Crippen LogP contribution in [0, 0.1) is 0 Å². The van der Waals surface area contributed by atoms with E-state index in [2.05, 4.69) is 15.2 Å². The van der Waals surface area contributed by atoms with Gasteiger partial charge in [-0.15, -0.1) is 0 Å². The second-order valence-electron chi connectivity index (χ2n) is 5.99. The van der Waals surface area contributed by atoms with Crippen molar-refractivity contribution in [3.05, 3.63) is 59.9 Å². The van der Waals surface area contributed by atoms with Crippen molar-refractivity contribution in [2.24, 2.45) is 4.99 Å². The fourth-order valence-electron chi connectivity index (χ4n) is 3.10. The Balaban J connectivity index is 1.67. The van der Waals surface area contributed by atoms with E-state index in [9.17, 15) is 4.79 Å². The fourth-order valence-corrected chi connectivity index (χ4v) is 3.10. The zero-order valence-corrected chi connectivity index (χ0v) is 13.4. The van der Waals surface area contributed by atoms with Crippen LogP contribution in [-0.4, -0.2) is 42.9 Å². The lowest BCUT2D eigenvalue weighted by Crippen LogP contribution is -2.24. The predicted octanol–water partition coefficient (Wildman–Crippen LogP) is 2.28. The molecule has 0 atom stereocenters. The molecule has 1 fully saturated rings. The van der Waals surface area contributed by atoms with E-state index < -0.39 is 0 Å². The predicted molar refractivity (Wildman–Crippen MR) is 93.7 cm³/mol. The van der Waals surface area contributed by atoms with Gasteiger partial charge in [0.25, 0.3) is 0 Å². The number of ether oxygens (including phenoxy) is 1. The largest absolute Gasteiger partial charge is 0.402 e. The molecule has 2 aliphatic heterocycles. The minimum Gasteiger partial charge on any atom is -0.402 e. The molecule has 24 heavy (non-hydrogen) atoms. The van der Waals surface area contributed by atoms with E-state index in [0.717, 1.165) is 48.9 Å². The number of cyclic esters (lactones) is 1. The van der Waals surface area contributed by atoms with Crippen LogP contribution in [0.15, 0.2) is 59.4 Å². The van der Waals surface area contributed by atoms with Crippen LogP contribution in [0.4, 0.5) is 0 Å². The lowest BCUT2D eigenvalue weighted by molar-refractivity contribution is -0.130. The number of benzene rings is 2. The molecule has 5 nitrogen and oxygen atoms in total. The number of fused-ring (bicyclic) bond motifs is 1. The quantitative estimate of drug-likeness (QED) is 0.681. The Labute approximate surface area is 140 Å². The number of carbonyl (C=O) groups excluding carboxylic acids is 1. The summed E-state index contributed by atoms with van der Waals surface area (Å²) in [7, 11) is 0. The van der Waals surface area contributed by atoms with Crippen LogP contribution in [0.3, 0.4) is 0 Å². The summed E-state index contributed by atoms with van der Waals surface area (Å²) in [5.74, 6) is 0.00568. The van der Waals surface area contributed by atoms with Gasteiger partial charge in [0.15, 0.2) is 5.70 Å². The molecule has 1 saturated heterocycles. The first-order chi connectivity index (χ1) is 11.8. The third kappa shape index (κ3) is 2.90. The summed E-state index contributed by atoms with van der Waals surface area (Å²) in [5, 5.41) is 5.48. The molecule has 0 aliphatic carbocycles. The zero-order valence-electron chi connectivity index (χ0n) is 13.4. The van der Waals surface area contributed by atoms with Crippen molar-refractivity contribution in [3.63, 3.8) is 0 Å². The van der Waals surface area contributed by atoms with Crippen molar-refractivity contribution in [2.45, 2.75) is 6.42 Å². The Morgan fingerprint density at radius 2 is 1.96 bits per heavy atom. The normalized spacial score (nSPS) is 20.2. The first-order valence-electron chi connectivity index (χ1n) is 8.27. The summed E-state index contributed by atoms with van der Waals surface area (Å²) in [6.45, 7) is 3.71. The highest BCUT2D eigenvalue weighted by atomic mass is 16.6. The van der Waals surface area contributed by atoms with E-state index in [0.29, 0.717) is 11.6 Å². The highest BCUT2D eigenvalue weighted by Gasteiger charge is 2.26. The Hall–Kier alpha value is -2.66. The van der Waals surface area contributed by atoms with Gasteiger partial charge in [-0.1, -0.05) is 36.4 Å². The maximum Gasteiger partial charge on any atom is 0.365 e. The number of esters is 1. The van der Waals surface area contributed by atoms with Gasteiger partial charge in [0.1, 0.15) is 0 Å². The molecule has 0 spiro atoms. The highest BCUT2D eigenvalue weighted by Crippen LogP contribution is 2.24. The summed E-state index contributed by atoms with van der Waals surface area (Å²) >= 11 is 0. The lowest BCUT2D eigenvalue weighted by Gasteiger charge is -2.16. The number of aliphatic imine (C=N–C) groups is 1. The molecule has 1 N–H and O–H groups in total. The zero-order chi connectivity index (χ0) is 16.4. The molecule has 0 bridgehead atoms. The van der Waals surface area contributed by atoms with E-state index in [1.165, 1.54) is 0 Å². The van der Waals surface area contributed by atoms with E-state index in [-0.39, 0.29) is 5.97 Å². The summed E-state index contributed by atoms with van der Waals surface area (Å²) in [4.78, 5) is 18.8. The lowest BCUT2D eigenvalue weighted by atomic mass is 10.0. The number of nitrogens with zero attached hydrogens (tertiary/aromatic N) is 2. The maximum absolute atomic E-state index is 12.2. The van der Waals surface area contributed by atoms with Gasteiger partial charge in [-0.2, -0.15) is 0 Å². The Morgan fingerprint density at radius 3 is 2.92 bits per heavy atom. The van der Waals surface area contributed by atoms with Crippen LogP contribution in [-0.2, 0) is 9.53 Å². The molecule has 0 radical (unpaired) electrons. The van der Waals surface area contributed by atoms with Gasteiger partial charge in [0.2, 0.25) is 5.90 Å². The van der Waals surface area contributed by atoms with Crippen molar-refractivity contribution in [2.75, 3.05) is 26.2 Å². The number of hydrogen-bond acceptors (Lipinski definition) is 5. The molecule has 4 rings (SSSR count). The van der Waals surface area contributed by atoms with Crippen LogP contribution in [0.2, 0.25) is 0 Å². The SMILES string of the molecule is O=C1OC(c2cccc3ccccc23)=NC1=CN1CCCNCC1. The van der Waals surface area contributed by atoms with Crippen LogP contribution in [0.1, 0.15) is 12.0 Å². The fraction of sp³-hybridized carbons (Fsp3) is 0.263. The van der Waals surface area contributed by atoms with Crippen LogP contribution < -0.4 is 5.32 Å². The van der Waals surface area contributed by atoms with Crippen LogP contribution >= 0.6 is 0 Å². The van der Waals surface area contributed by atoms with Gasteiger partial charge in [-0.05, 0) is 29.8 Å². The molecule has 2 aromatic rings. The average Bonchev–Trinajstić information content (AvgIpc) is 2.81. The Morgan fingerprint density at radius 1 is 1.08 bits per heavy atom. The maximum atomic E-state index is 12.2. The Bertz CT molecular complexity index is 828. The topological polar surface area (TPSA) is 53.9 Å². The molecular formula is C19H19N3O2. The van der Waals surface area contributed by atoms with E-state index in [1.54, 1.807) is 0 Å². The monoisotopic (exact) mass is 321 g/mol. The average molecular weight is 321 g/mol. The van der Waals surface area contributed by atoms with Gasteiger partial charge in [0, 0.05) is 31.4 Å². The van der Waals surface area contributed by atoms with Crippen molar-refractivity contribution in [3.8, 4) is 0 Å². The minimum absolute atomic E-state index is 0.375. The summed E-state index contributed by atoms with van der Waals surface area (Å²) < 4.78 is 5.44. The van der Waals surface area contributed by atoms with Gasteiger partial charge in [-0.25, -0.2) is 9.79 Å². The molecule has 0 unspecified atom stereocenters. The van der Waals surface area contributed by atoms with Crippen molar-refractivity contribution in [1.29, 1.82) is 0 Å². The molecule has 122 valence electrons. The first-order valence-corrected chi connectivity index (χ1v) is 8.27. The summed E-state index contributed by atoms with van der Waals surface area (Å²) in [6.07, 6.45) is 2.88. The molecule has 2 aliphatic rings. The van der Waals surface area contributed by atoms with Crippen LogP contribution in [0.5, 0.6) is 0 Å². The van der Waals surface area contributed by atoms with Crippen LogP contribution in [0.25, 0.3) is 10.8 Å². The van der Waals surface area contributed by atoms with Gasteiger partial charge >= 0.3 is 5.97 Å². The molecule has 5 heteroatoms. The second-order valence-corrected chi connectivity index (χ2v) is 5.99. The van der Waals surface area contributed by atoms with Gasteiger partial charge < -0.3 is 15.0 Å². The molecule has 0 aromatic heterocycles. The number of hydrogen-bond donors (Lipinski definition) is 1. The minimum atomic E-state index is -0.379. The van der Waals surface area contributed by atoms with Crippen molar-refractivity contribution < 1.29 is 9.53 Å². The molecule has 2 aromatic carbocycles. The second kappa shape index (κ2) is 6.45. The smallest absolute Gasteiger partial charge is 0.365 e. The van der Waals surface area contributed by atoms with E-state index >= 15 is 0 Å². The van der Waals surface area contributed by atoms with Crippen molar-refractivity contribution in [1.82, 2.24) is 10.2 Å².